The summed E-state index contributed by atoms with van der Waals surface area (Å²) >= 11 is 6.98. The summed E-state index contributed by atoms with van der Waals surface area (Å²) in [7, 11) is 0. The maximum atomic E-state index is 13.5. The predicted molar refractivity (Wildman–Crippen MR) is 68.4 cm³/mol. The van der Waals surface area contributed by atoms with Crippen molar-refractivity contribution in [3.63, 3.8) is 0 Å². The molecule has 0 radical (unpaired) electrons. The molecule has 1 N–H and O–H groups in total. The van der Waals surface area contributed by atoms with E-state index in [1.807, 2.05) is 13.0 Å². The minimum atomic E-state index is -0.615. The molecule has 1 aromatic carbocycles. The Morgan fingerprint density at radius 1 is 1.35 bits per heavy atom. The third-order valence-electron chi connectivity index (χ3n) is 2.16. The van der Waals surface area contributed by atoms with Crippen LogP contribution in [-0.4, -0.2) is 5.91 Å². The van der Waals surface area contributed by atoms with Crippen LogP contribution in [-0.2, 0) is 0 Å². The molecule has 0 fully saturated rings. The monoisotopic (exact) mass is 269 g/mol. The summed E-state index contributed by atoms with van der Waals surface area (Å²) in [6, 6.07) is 8.04. The molecule has 0 atom stereocenters. The van der Waals surface area contributed by atoms with Crippen LogP contribution in [0, 0.1) is 12.7 Å². The first-order chi connectivity index (χ1) is 8.08. The molecule has 0 aliphatic carbocycles. The van der Waals surface area contributed by atoms with Gasteiger partial charge in [-0.15, -0.1) is 11.3 Å². The van der Waals surface area contributed by atoms with Crippen molar-refractivity contribution in [3.8, 4) is 0 Å². The second-order valence-electron chi connectivity index (χ2n) is 3.47. The summed E-state index contributed by atoms with van der Waals surface area (Å²) in [6.45, 7) is 1.90. The quantitative estimate of drug-likeness (QED) is 0.874. The van der Waals surface area contributed by atoms with Gasteiger partial charge in [0.2, 0.25) is 0 Å². The summed E-state index contributed by atoms with van der Waals surface area (Å²) in [6.07, 6.45) is 0. The zero-order valence-corrected chi connectivity index (χ0v) is 10.5. The van der Waals surface area contributed by atoms with Crippen LogP contribution in [0.5, 0.6) is 0 Å². The van der Waals surface area contributed by atoms with E-state index in [4.69, 9.17) is 11.6 Å². The highest BCUT2D eigenvalue weighted by molar-refractivity contribution is 7.14. The van der Waals surface area contributed by atoms with Gasteiger partial charge in [0, 0.05) is 4.88 Å². The molecule has 0 unspecified atom stereocenters. The summed E-state index contributed by atoms with van der Waals surface area (Å²) in [5.74, 6) is -0.944. The molecule has 0 aliphatic heterocycles. The van der Waals surface area contributed by atoms with Gasteiger partial charge in [0.05, 0.1) is 15.6 Å². The molecule has 1 aromatic heterocycles. The van der Waals surface area contributed by atoms with Crippen molar-refractivity contribution in [3.05, 3.63) is 50.9 Å². The molecule has 5 heteroatoms. The first-order valence-electron chi connectivity index (χ1n) is 4.90. The van der Waals surface area contributed by atoms with Crippen LogP contribution in [0.15, 0.2) is 30.3 Å². The minimum absolute atomic E-state index is 0.00911. The Hall–Kier alpha value is -1.39. The summed E-state index contributed by atoms with van der Waals surface area (Å²) in [4.78, 5) is 13.4. The van der Waals surface area contributed by atoms with Crippen molar-refractivity contribution in [2.75, 3.05) is 5.32 Å². The molecule has 0 spiro atoms. The lowest BCUT2D eigenvalue weighted by molar-refractivity contribution is 0.103. The van der Waals surface area contributed by atoms with Gasteiger partial charge < -0.3 is 5.32 Å². The zero-order chi connectivity index (χ0) is 12.4. The predicted octanol–water partition coefficient (Wildman–Crippen LogP) is 4.10. The van der Waals surface area contributed by atoms with Crippen LogP contribution in [0.2, 0.25) is 5.02 Å². The van der Waals surface area contributed by atoms with E-state index < -0.39 is 5.82 Å². The fourth-order valence-electron chi connectivity index (χ4n) is 1.34. The van der Waals surface area contributed by atoms with E-state index in [2.05, 4.69) is 5.32 Å². The van der Waals surface area contributed by atoms with Gasteiger partial charge in [-0.2, -0.15) is 0 Å². The number of amides is 1. The number of carbonyl (C=O) groups is 1. The Morgan fingerprint density at radius 2 is 2.12 bits per heavy atom. The van der Waals surface area contributed by atoms with Crippen molar-refractivity contribution in [1.29, 1.82) is 0 Å². The van der Waals surface area contributed by atoms with E-state index in [1.54, 1.807) is 12.1 Å². The number of halogens is 2. The van der Waals surface area contributed by atoms with Crippen LogP contribution in [0.25, 0.3) is 0 Å². The molecule has 2 aromatic rings. The molecule has 1 heterocycles. The van der Waals surface area contributed by atoms with Gasteiger partial charge in [-0.1, -0.05) is 17.7 Å². The van der Waals surface area contributed by atoms with Crippen LogP contribution in [0.4, 0.5) is 10.1 Å². The molecule has 0 saturated heterocycles. The van der Waals surface area contributed by atoms with Crippen LogP contribution >= 0.6 is 22.9 Å². The largest absolute Gasteiger partial charge is 0.319 e. The number of nitrogens with one attached hydrogen (secondary N) is 1. The van der Waals surface area contributed by atoms with Crippen LogP contribution in [0.1, 0.15) is 14.5 Å². The lowest BCUT2D eigenvalue weighted by Crippen LogP contribution is -2.11. The molecular weight excluding hydrogens is 261 g/mol. The topological polar surface area (TPSA) is 29.1 Å². The summed E-state index contributed by atoms with van der Waals surface area (Å²) < 4.78 is 13.5. The highest BCUT2D eigenvalue weighted by Gasteiger charge is 2.12. The minimum Gasteiger partial charge on any atom is -0.319 e. The van der Waals surface area contributed by atoms with Gasteiger partial charge >= 0.3 is 0 Å². The van der Waals surface area contributed by atoms with Crippen molar-refractivity contribution in [1.82, 2.24) is 0 Å². The Balaban J connectivity index is 2.21. The molecule has 0 saturated carbocycles. The van der Waals surface area contributed by atoms with Crippen LogP contribution in [0.3, 0.4) is 0 Å². The van der Waals surface area contributed by atoms with Gasteiger partial charge in [0.15, 0.2) is 5.82 Å². The average Bonchev–Trinajstić information content (AvgIpc) is 2.72. The summed E-state index contributed by atoms with van der Waals surface area (Å²) in [5, 5.41) is 2.48. The second kappa shape index (κ2) is 4.85. The maximum absolute atomic E-state index is 13.5. The fourth-order valence-corrected chi connectivity index (χ4v) is 2.28. The molecule has 0 bridgehead atoms. The van der Waals surface area contributed by atoms with Gasteiger partial charge in [-0.05, 0) is 31.2 Å². The van der Waals surface area contributed by atoms with Gasteiger partial charge in [0.25, 0.3) is 5.91 Å². The van der Waals surface area contributed by atoms with Crippen molar-refractivity contribution in [2.24, 2.45) is 0 Å². The SMILES string of the molecule is Cc1ccc(C(=O)Nc2cccc(Cl)c2F)s1. The first kappa shape index (κ1) is 12.1. The normalized spacial score (nSPS) is 10.3. The number of hydrogen-bond donors (Lipinski definition) is 1. The molecule has 2 nitrogen and oxygen atoms in total. The molecule has 1 amide bonds. The van der Waals surface area contributed by atoms with E-state index in [9.17, 15) is 9.18 Å². The van der Waals surface area contributed by atoms with Crippen molar-refractivity contribution in [2.45, 2.75) is 6.92 Å². The van der Waals surface area contributed by atoms with Crippen LogP contribution < -0.4 is 5.32 Å². The highest BCUT2D eigenvalue weighted by Crippen LogP contribution is 2.23. The first-order valence-corrected chi connectivity index (χ1v) is 6.09. The fraction of sp³-hybridized carbons (Fsp3) is 0.0833. The number of carbonyl (C=O) groups excluding carboxylic acids is 1. The number of hydrogen-bond acceptors (Lipinski definition) is 2. The van der Waals surface area contributed by atoms with Gasteiger partial charge in [-0.25, -0.2) is 4.39 Å². The Bertz CT molecular complexity index is 567. The van der Waals surface area contributed by atoms with E-state index in [-0.39, 0.29) is 16.6 Å². The number of thiophene rings is 1. The second-order valence-corrected chi connectivity index (χ2v) is 5.16. The number of aryl methyl sites for hydroxylation is 1. The third-order valence-corrected chi connectivity index (χ3v) is 3.46. The van der Waals surface area contributed by atoms with Gasteiger partial charge in [0.1, 0.15) is 0 Å². The Kier molecular flexibility index (Phi) is 3.45. The lowest BCUT2D eigenvalue weighted by Gasteiger charge is -2.05. The molecule has 17 heavy (non-hydrogen) atoms. The number of rotatable bonds is 2. The third kappa shape index (κ3) is 2.65. The Morgan fingerprint density at radius 3 is 2.76 bits per heavy atom. The zero-order valence-electron chi connectivity index (χ0n) is 8.96. The molecule has 88 valence electrons. The van der Waals surface area contributed by atoms with Crippen molar-refractivity contribution >= 4 is 34.5 Å². The number of benzene rings is 1. The standard InChI is InChI=1S/C12H9ClFNOS/c1-7-5-6-10(17-7)12(16)15-9-4-2-3-8(13)11(9)14/h2-6H,1H3,(H,15,16). The average molecular weight is 270 g/mol. The maximum Gasteiger partial charge on any atom is 0.265 e. The lowest BCUT2D eigenvalue weighted by atomic mass is 10.3. The molecule has 2 rings (SSSR count). The van der Waals surface area contributed by atoms with Crippen molar-refractivity contribution < 1.29 is 9.18 Å². The van der Waals surface area contributed by atoms with E-state index >= 15 is 0 Å². The summed E-state index contributed by atoms with van der Waals surface area (Å²) in [5.41, 5.74) is 0.0913. The van der Waals surface area contributed by atoms with E-state index in [0.29, 0.717) is 4.88 Å². The van der Waals surface area contributed by atoms with Gasteiger partial charge in [-0.3, -0.25) is 4.79 Å². The van der Waals surface area contributed by atoms with E-state index in [0.717, 1.165) is 4.88 Å². The Labute approximate surface area is 107 Å². The molecule has 0 aliphatic rings. The number of anilines is 1. The highest BCUT2D eigenvalue weighted by atomic mass is 35.5. The molecular formula is C12H9ClFNOS. The van der Waals surface area contributed by atoms with E-state index in [1.165, 1.54) is 23.5 Å². The smallest absolute Gasteiger partial charge is 0.265 e.